The van der Waals surface area contributed by atoms with Crippen molar-refractivity contribution in [3.63, 3.8) is 0 Å². The van der Waals surface area contributed by atoms with E-state index in [0.717, 1.165) is 16.9 Å². The number of thioether (sulfide) groups is 1. The van der Waals surface area contributed by atoms with Crippen LogP contribution in [-0.2, 0) is 17.6 Å². The Labute approximate surface area is 146 Å². The van der Waals surface area contributed by atoms with Crippen LogP contribution in [0, 0.1) is 0 Å². The van der Waals surface area contributed by atoms with Gasteiger partial charge in [0.2, 0.25) is 0 Å². The van der Waals surface area contributed by atoms with E-state index in [1.54, 1.807) is 12.1 Å². The van der Waals surface area contributed by atoms with Crippen molar-refractivity contribution in [3.05, 3.63) is 64.7 Å². The third kappa shape index (κ3) is 5.92. The number of carbonyl (C=O) groups is 1. The van der Waals surface area contributed by atoms with Gasteiger partial charge in [-0.1, -0.05) is 49.2 Å². The Morgan fingerprint density at radius 2 is 1.70 bits per heavy atom. The van der Waals surface area contributed by atoms with Crippen molar-refractivity contribution in [2.75, 3.05) is 0 Å². The largest absolute Gasteiger partial charge is 0.480 e. The van der Waals surface area contributed by atoms with Crippen LogP contribution in [0.25, 0.3) is 0 Å². The van der Waals surface area contributed by atoms with Gasteiger partial charge in [-0.2, -0.15) is 0 Å². The molecule has 23 heavy (non-hydrogen) atoms. The predicted molar refractivity (Wildman–Crippen MR) is 97.5 cm³/mol. The molecular formula is C19H21ClO2S. The van der Waals surface area contributed by atoms with Crippen LogP contribution in [0.3, 0.4) is 0 Å². The van der Waals surface area contributed by atoms with E-state index in [1.807, 2.05) is 24.3 Å². The van der Waals surface area contributed by atoms with Crippen LogP contribution >= 0.6 is 23.4 Å². The maximum Gasteiger partial charge on any atom is 0.317 e. The number of carboxylic acid groups (broad SMARTS) is 1. The molecule has 2 nitrogen and oxygen atoms in total. The van der Waals surface area contributed by atoms with Crippen molar-refractivity contribution in [1.29, 1.82) is 0 Å². The second kappa shape index (κ2) is 8.99. The summed E-state index contributed by atoms with van der Waals surface area (Å²) in [5.74, 6) is -0.792. The van der Waals surface area contributed by atoms with Crippen molar-refractivity contribution in [3.8, 4) is 0 Å². The molecule has 1 atom stereocenters. The highest BCUT2D eigenvalue weighted by Crippen LogP contribution is 2.27. The van der Waals surface area contributed by atoms with Gasteiger partial charge >= 0.3 is 5.97 Å². The van der Waals surface area contributed by atoms with Crippen LogP contribution in [0.5, 0.6) is 0 Å². The summed E-state index contributed by atoms with van der Waals surface area (Å²) >= 11 is 7.23. The first-order valence-electron chi connectivity index (χ1n) is 7.81. The summed E-state index contributed by atoms with van der Waals surface area (Å²) in [5, 5.41) is 9.63. The summed E-state index contributed by atoms with van der Waals surface area (Å²) in [6.07, 6.45) is 3.96. The van der Waals surface area contributed by atoms with Crippen molar-refractivity contribution >= 4 is 29.3 Å². The van der Waals surface area contributed by atoms with E-state index in [9.17, 15) is 9.90 Å². The summed E-state index contributed by atoms with van der Waals surface area (Å²) in [5.41, 5.74) is 2.37. The molecule has 1 unspecified atom stereocenters. The van der Waals surface area contributed by atoms with Crippen LogP contribution in [-0.4, -0.2) is 16.3 Å². The molecule has 0 aliphatic carbocycles. The van der Waals surface area contributed by atoms with Crippen LogP contribution in [0.2, 0.25) is 5.02 Å². The van der Waals surface area contributed by atoms with Gasteiger partial charge in [0.05, 0.1) is 0 Å². The standard InChI is InChI=1S/C19H21ClO2S/c1-2-3-4-14-5-7-15(8-6-14)13-18(19(21)22)23-17-11-9-16(20)10-12-17/h5-12,18H,2-4,13H2,1H3,(H,21,22). The lowest BCUT2D eigenvalue weighted by atomic mass is 10.0. The van der Waals surface area contributed by atoms with Crippen LogP contribution in [0.15, 0.2) is 53.4 Å². The van der Waals surface area contributed by atoms with Gasteiger partial charge in [-0.3, -0.25) is 4.79 Å². The van der Waals surface area contributed by atoms with Gasteiger partial charge in [0.15, 0.2) is 0 Å². The third-order valence-corrected chi connectivity index (χ3v) is 5.08. The van der Waals surface area contributed by atoms with E-state index in [4.69, 9.17) is 11.6 Å². The lowest BCUT2D eigenvalue weighted by molar-refractivity contribution is -0.136. The minimum absolute atomic E-state index is 0.502. The summed E-state index contributed by atoms with van der Waals surface area (Å²) in [4.78, 5) is 12.5. The lowest BCUT2D eigenvalue weighted by Gasteiger charge is -2.13. The minimum Gasteiger partial charge on any atom is -0.480 e. The quantitative estimate of drug-likeness (QED) is 0.642. The van der Waals surface area contributed by atoms with Gasteiger partial charge in [-0.05, 0) is 54.7 Å². The average molecular weight is 349 g/mol. The van der Waals surface area contributed by atoms with Gasteiger partial charge < -0.3 is 5.11 Å². The maximum atomic E-state index is 11.5. The fourth-order valence-corrected chi connectivity index (χ4v) is 3.42. The Balaban J connectivity index is 2.01. The van der Waals surface area contributed by atoms with E-state index in [-0.39, 0.29) is 0 Å². The molecule has 4 heteroatoms. The summed E-state index contributed by atoms with van der Waals surface area (Å²) in [6, 6.07) is 15.6. The molecule has 0 heterocycles. The van der Waals surface area contributed by atoms with Crippen LogP contribution in [0.1, 0.15) is 30.9 Å². The normalized spacial score (nSPS) is 12.1. The van der Waals surface area contributed by atoms with E-state index in [2.05, 4.69) is 19.1 Å². The molecule has 2 aromatic rings. The van der Waals surface area contributed by atoms with E-state index in [0.29, 0.717) is 11.4 Å². The Kier molecular flexibility index (Phi) is 7.00. The molecule has 122 valence electrons. The Morgan fingerprint density at radius 1 is 1.09 bits per heavy atom. The monoisotopic (exact) mass is 348 g/mol. The van der Waals surface area contributed by atoms with Gasteiger partial charge in [0.1, 0.15) is 5.25 Å². The molecule has 0 aromatic heterocycles. The molecule has 0 bridgehead atoms. The molecule has 0 fully saturated rings. The van der Waals surface area contributed by atoms with E-state index in [1.165, 1.54) is 30.2 Å². The molecule has 0 saturated carbocycles. The van der Waals surface area contributed by atoms with Gasteiger partial charge in [-0.25, -0.2) is 0 Å². The van der Waals surface area contributed by atoms with Gasteiger partial charge in [-0.15, -0.1) is 11.8 Å². The van der Waals surface area contributed by atoms with Crippen molar-refractivity contribution in [2.45, 2.75) is 42.8 Å². The molecule has 2 aromatic carbocycles. The highest BCUT2D eigenvalue weighted by molar-refractivity contribution is 8.00. The molecule has 1 N–H and O–H groups in total. The first-order chi connectivity index (χ1) is 11.1. The summed E-state index contributed by atoms with van der Waals surface area (Å²) < 4.78 is 0. The van der Waals surface area contributed by atoms with Gasteiger partial charge in [0, 0.05) is 9.92 Å². The first kappa shape index (κ1) is 17.9. The third-order valence-electron chi connectivity index (χ3n) is 3.63. The SMILES string of the molecule is CCCCc1ccc(CC(Sc2ccc(Cl)cc2)C(=O)O)cc1. The fraction of sp³-hybridized carbons (Fsp3) is 0.316. The zero-order valence-electron chi connectivity index (χ0n) is 13.2. The Hall–Kier alpha value is -1.45. The molecule has 0 aliphatic heterocycles. The van der Waals surface area contributed by atoms with Crippen LogP contribution in [0.4, 0.5) is 0 Å². The summed E-state index contributed by atoms with van der Waals surface area (Å²) in [7, 11) is 0. The van der Waals surface area contributed by atoms with E-state index < -0.39 is 11.2 Å². The topological polar surface area (TPSA) is 37.3 Å². The van der Waals surface area contributed by atoms with Crippen molar-refractivity contribution in [1.82, 2.24) is 0 Å². The summed E-state index contributed by atoms with van der Waals surface area (Å²) in [6.45, 7) is 2.18. The Bertz CT molecular complexity index is 623. The number of rotatable bonds is 8. The van der Waals surface area contributed by atoms with E-state index >= 15 is 0 Å². The number of aliphatic carboxylic acids is 1. The number of aryl methyl sites for hydroxylation is 1. The minimum atomic E-state index is -0.792. The highest BCUT2D eigenvalue weighted by atomic mass is 35.5. The lowest BCUT2D eigenvalue weighted by Crippen LogP contribution is -2.19. The smallest absolute Gasteiger partial charge is 0.317 e. The zero-order valence-corrected chi connectivity index (χ0v) is 14.7. The Morgan fingerprint density at radius 3 is 2.26 bits per heavy atom. The van der Waals surface area contributed by atoms with Crippen molar-refractivity contribution in [2.24, 2.45) is 0 Å². The molecule has 0 radical (unpaired) electrons. The van der Waals surface area contributed by atoms with Crippen LogP contribution < -0.4 is 0 Å². The zero-order chi connectivity index (χ0) is 16.7. The number of hydrogen-bond acceptors (Lipinski definition) is 2. The average Bonchev–Trinajstić information content (AvgIpc) is 2.55. The number of hydrogen-bond donors (Lipinski definition) is 1. The molecule has 0 aliphatic rings. The highest BCUT2D eigenvalue weighted by Gasteiger charge is 2.19. The molecule has 0 saturated heterocycles. The number of carboxylic acids is 1. The molecular weight excluding hydrogens is 328 g/mol. The number of unbranched alkanes of at least 4 members (excludes halogenated alkanes) is 1. The second-order valence-electron chi connectivity index (χ2n) is 5.52. The number of halogens is 1. The maximum absolute atomic E-state index is 11.5. The van der Waals surface area contributed by atoms with Crippen molar-refractivity contribution < 1.29 is 9.90 Å². The predicted octanol–water partition coefficient (Wildman–Crippen LogP) is 5.47. The molecule has 0 amide bonds. The fourth-order valence-electron chi connectivity index (χ4n) is 2.29. The van der Waals surface area contributed by atoms with Gasteiger partial charge in [0.25, 0.3) is 0 Å². The number of benzene rings is 2. The molecule has 2 rings (SSSR count). The molecule has 0 spiro atoms. The second-order valence-corrected chi connectivity index (χ2v) is 7.24. The first-order valence-corrected chi connectivity index (χ1v) is 9.07.